The van der Waals surface area contributed by atoms with Gasteiger partial charge in [-0.2, -0.15) is 18.3 Å². The maximum Gasteiger partial charge on any atom is 0.490 e. The first-order valence-electron chi connectivity index (χ1n) is 10.7. The van der Waals surface area contributed by atoms with Gasteiger partial charge in [0.25, 0.3) is 0 Å². The van der Waals surface area contributed by atoms with Crippen LogP contribution in [0.3, 0.4) is 0 Å². The number of benzene rings is 1. The minimum atomic E-state index is -5.08. The van der Waals surface area contributed by atoms with Crippen LogP contribution in [0.4, 0.5) is 13.2 Å². The summed E-state index contributed by atoms with van der Waals surface area (Å²) in [5.41, 5.74) is 5.09. The molecule has 1 amide bonds. The molecule has 0 radical (unpaired) electrons. The summed E-state index contributed by atoms with van der Waals surface area (Å²) < 4.78 is 33.7. The Labute approximate surface area is 194 Å². The van der Waals surface area contributed by atoms with Gasteiger partial charge in [0.15, 0.2) is 0 Å². The number of amides is 1. The van der Waals surface area contributed by atoms with Crippen molar-refractivity contribution < 1.29 is 27.9 Å². The van der Waals surface area contributed by atoms with Gasteiger partial charge in [-0.05, 0) is 39.8 Å². The smallest absolute Gasteiger partial charge is 0.475 e. The number of H-pyrrole nitrogens is 1. The lowest BCUT2D eigenvalue weighted by molar-refractivity contribution is -0.192. The van der Waals surface area contributed by atoms with E-state index < -0.39 is 12.1 Å². The first-order chi connectivity index (χ1) is 15.9. The molecule has 1 aliphatic heterocycles. The van der Waals surface area contributed by atoms with Crippen molar-refractivity contribution in [2.75, 3.05) is 6.54 Å². The highest BCUT2D eigenvalue weighted by atomic mass is 19.4. The summed E-state index contributed by atoms with van der Waals surface area (Å²) in [6, 6.07) is 10.3. The number of nitrogens with one attached hydrogen (secondary N) is 1. The second kappa shape index (κ2) is 9.70. The summed E-state index contributed by atoms with van der Waals surface area (Å²) in [4.78, 5) is 31.1. The maximum absolute atomic E-state index is 12.2. The highest BCUT2D eigenvalue weighted by Crippen LogP contribution is 2.32. The summed E-state index contributed by atoms with van der Waals surface area (Å²) in [7, 11) is 0. The van der Waals surface area contributed by atoms with E-state index in [-0.39, 0.29) is 17.9 Å². The molecular weight excluding hydrogens is 451 g/mol. The summed E-state index contributed by atoms with van der Waals surface area (Å²) >= 11 is 0. The highest BCUT2D eigenvalue weighted by Gasteiger charge is 2.38. The predicted octanol–water partition coefficient (Wildman–Crippen LogP) is 4.24. The molecule has 3 heterocycles. The molecule has 4 rings (SSSR count). The minimum absolute atomic E-state index is 0.124. The van der Waals surface area contributed by atoms with Crippen molar-refractivity contribution in [3.05, 3.63) is 53.7 Å². The Morgan fingerprint density at radius 2 is 1.82 bits per heavy atom. The molecule has 1 saturated heterocycles. The van der Waals surface area contributed by atoms with E-state index >= 15 is 0 Å². The molecule has 0 bridgehead atoms. The second-order valence-corrected chi connectivity index (χ2v) is 8.32. The second-order valence-electron chi connectivity index (χ2n) is 8.32. The van der Waals surface area contributed by atoms with Gasteiger partial charge < -0.3 is 15.0 Å². The van der Waals surface area contributed by atoms with Gasteiger partial charge in [-0.25, -0.2) is 14.5 Å². The summed E-state index contributed by atoms with van der Waals surface area (Å²) in [5.74, 6) is -1.55. The van der Waals surface area contributed by atoms with Crippen molar-refractivity contribution in [2.45, 2.75) is 52.3 Å². The molecule has 1 aliphatic rings. The van der Waals surface area contributed by atoms with Crippen LogP contribution in [0.1, 0.15) is 43.4 Å². The van der Waals surface area contributed by atoms with Gasteiger partial charge in [0.05, 0.1) is 29.0 Å². The van der Waals surface area contributed by atoms with Crippen LogP contribution >= 0.6 is 0 Å². The third-order valence-corrected chi connectivity index (χ3v) is 5.57. The van der Waals surface area contributed by atoms with Crippen LogP contribution in [0.15, 0.2) is 36.5 Å². The van der Waals surface area contributed by atoms with Crippen LogP contribution < -0.4 is 0 Å². The number of halogens is 3. The largest absolute Gasteiger partial charge is 0.490 e. The van der Waals surface area contributed by atoms with Crippen molar-refractivity contribution in [2.24, 2.45) is 0 Å². The third-order valence-electron chi connectivity index (χ3n) is 5.57. The standard InChI is InChI=1S/C21H25N5O.C2HF3O2/c1-13(2)25-12-16(10-19(25)27)21-22-11-18(23-21)20-14(3)24-26(15(20)4)17-8-6-5-7-9-17;3-2(4,5)1(6)7/h5-9,11,13,16H,10,12H2,1-4H3,(H,22,23);(H,6,7). The van der Waals surface area contributed by atoms with Gasteiger partial charge >= 0.3 is 12.1 Å². The van der Waals surface area contributed by atoms with Gasteiger partial charge in [-0.15, -0.1) is 0 Å². The van der Waals surface area contributed by atoms with Crippen LogP contribution in [0.25, 0.3) is 16.9 Å². The van der Waals surface area contributed by atoms with Crippen molar-refractivity contribution in [3.8, 4) is 16.9 Å². The number of imidazole rings is 1. The van der Waals surface area contributed by atoms with Gasteiger partial charge in [-0.1, -0.05) is 18.2 Å². The lowest BCUT2D eigenvalue weighted by atomic mass is 10.1. The minimum Gasteiger partial charge on any atom is -0.475 e. The van der Waals surface area contributed by atoms with E-state index in [0.29, 0.717) is 6.42 Å². The fourth-order valence-electron chi connectivity index (χ4n) is 3.94. The third kappa shape index (κ3) is 5.29. The monoisotopic (exact) mass is 477 g/mol. The Bertz CT molecular complexity index is 1170. The van der Waals surface area contributed by atoms with Crippen molar-refractivity contribution >= 4 is 11.9 Å². The SMILES string of the molecule is Cc1nn(-c2ccccc2)c(C)c1-c1cnc(C2CC(=O)N(C(C)C)C2)[nH]1.O=C(O)C(F)(F)F. The van der Waals surface area contributed by atoms with Crippen molar-refractivity contribution in [3.63, 3.8) is 0 Å². The number of hydrogen-bond acceptors (Lipinski definition) is 4. The molecule has 2 N–H and O–H groups in total. The number of alkyl halides is 3. The average molecular weight is 477 g/mol. The molecule has 3 aromatic rings. The lowest BCUT2D eigenvalue weighted by Crippen LogP contribution is -2.31. The normalized spacial score (nSPS) is 16.1. The Balaban J connectivity index is 0.000000406. The van der Waals surface area contributed by atoms with E-state index in [9.17, 15) is 18.0 Å². The number of nitrogens with zero attached hydrogens (tertiary/aromatic N) is 4. The zero-order valence-corrected chi connectivity index (χ0v) is 19.2. The van der Waals surface area contributed by atoms with E-state index in [1.54, 1.807) is 0 Å². The molecule has 1 aromatic carbocycles. The van der Waals surface area contributed by atoms with E-state index in [4.69, 9.17) is 15.0 Å². The number of aliphatic carboxylic acids is 1. The topological polar surface area (TPSA) is 104 Å². The van der Waals surface area contributed by atoms with Gasteiger partial charge in [0, 0.05) is 30.5 Å². The number of carboxylic acid groups (broad SMARTS) is 1. The first kappa shape index (κ1) is 25.0. The highest BCUT2D eigenvalue weighted by molar-refractivity contribution is 5.80. The van der Waals surface area contributed by atoms with Crippen LogP contribution in [0.5, 0.6) is 0 Å². The Kier molecular flexibility index (Phi) is 7.13. The molecule has 1 atom stereocenters. The number of aryl methyl sites for hydroxylation is 1. The molecule has 0 spiro atoms. The number of carboxylic acids is 1. The Morgan fingerprint density at radius 1 is 1.21 bits per heavy atom. The van der Waals surface area contributed by atoms with Crippen LogP contribution in [0.2, 0.25) is 0 Å². The van der Waals surface area contributed by atoms with Crippen LogP contribution in [-0.4, -0.2) is 60.4 Å². The summed E-state index contributed by atoms with van der Waals surface area (Å²) in [6.45, 7) is 8.92. The number of aromatic amines is 1. The molecule has 182 valence electrons. The number of likely N-dealkylation sites (tertiary alicyclic amines) is 1. The molecule has 1 unspecified atom stereocenters. The zero-order valence-electron chi connectivity index (χ0n) is 19.2. The molecule has 0 saturated carbocycles. The Morgan fingerprint density at radius 3 is 2.35 bits per heavy atom. The fourth-order valence-corrected chi connectivity index (χ4v) is 3.94. The van der Waals surface area contributed by atoms with Gasteiger partial charge in [0.2, 0.25) is 5.91 Å². The first-order valence-corrected chi connectivity index (χ1v) is 10.7. The number of carbonyl (C=O) groups is 2. The zero-order chi connectivity index (χ0) is 25.2. The summed E-state index contributed by atoms with van der Waals surface area (Å²) in [5, 5.41) is 11.8. The van der Waals surface area contributed by atoms with E-state index in [2.05, 4.69) is 30.7 Å². The molecule has 34 heavy (non-hydrogen) atoms. The number of hydrogen-bond donors (Lipinski definition) is 2. The van der Waals surface area contributed by atoms with Gasteiger partial charge in [0.1, 0.15) is 5.82 Å². The molecule has 1 fully saturated rings. The van der Waals surface area contributed by atoms with E-state index in [1.807, 2.05) is 53.0 Å². The van der Waals surface area contributed by atoms with Crippen molar-refractivity contribution in [1.82, 2.24) is 24.6 Å². The lowest BCUT2D eigenvalue weighted by Gasteiger charge is -2.20. The van der Waals surface area contributed by atoms with Crippen LogP contribution in [0, 0.1) is 13.8 Å². The molecular formula is C23H26F3N5O3. The number of para-hydroxylation sites is 1. The molecule has 8 nitrogen and oxygen atoms in total. The molecule has 0 aliphatic carbocycles. The van der Waals surface area contributed by atoms with Gasteiger partial charge in [-0.3, -0.25) is 4.79 Å². The van der Waals surface area contributed by atoms with E-state index in [1.165, 1.54) is 0 Å². The Hall–Kier alpha value is -3.63. The predicted molar refractivity (Wildman–Crippen MR) is 119 cm³/mol. The van der Waals surface area contributed by atoms with E-state index in [0.717, 1.165) is 40.7 Å². The van der Waals surface area contributed by atoms with Crippen LogP contribution in [-0.2, 0) is 9.59 Å². The summed E-state index contributed by atoms with van der Waals surface area (Å²) in [6.07, 6.45) is -2.70. The van der Waals surface area contributed by atoms with Crippen molar-refractivity contribution in [1.29, 1.82) is 0 Å². The molecule has 11 heteroatoms. The number of carbonyl (C=O) groups excluding carboxylic acids is 1. The molecule has 2 aromatic heterocycles. The number of rotatable bonds is 4. The maximum atomic E-state index is 12.2. The average Bonchev–Trinajstić information content (AvgIpc) is 3.45. The number of aromatic nitrogens is 4. The quantitative estimate of drug-likeness (QED) is 0.585. The fraction of sp³-hybridized carbons (Fsp3) is 0.391.